The smallest absolute Gasteiger partial charge is 0.333 e. The van der Waals surface area contributed by atoms with Crippen LogP contribution in [0.1, 0.15) is 43.5 Å². The summed E-state index contributed by atoms with van der Waals surface area (Å²) < 4.78 is 9.30. The number of aryl methyl sites for hydroxylation is 2. The molecule has 3 aromatic heterocycles. The Hall–Kier alpha value is -4.53. The lowest BCUT2D eigenvalue weighted by Crippen LogP contribution is -2.25. The largest absolute Gasteiger partial charge is 0.495 e. The first kappa shape index (κ1) is 25.1. The van der Waals surface area contributed by atoms with E-state index in [-0.39, 0.29) is 5.69 Å². The summed E-state index contributed by atoms with van der Waals surface area (Å²) in [7, 11) is 1.65. The second-order valence-corrected chi connectivity index (χ2v) is 9.16. The minimum Gasteiger partial charge on any atom is -0.495 e. The van der Waals surface area contributed by atoms with Crippen LogP contribution in [0.3, 0.4) is 0 Å². The molecule has 38 heavy (non-hydrogen) atoms. The van der Waals surface area contributed by atoms with Crippen LogP contribution in [0.15, 0.2) is 71.8 Å². The Balaban J connectivity index is 1.51. The number of hydrogen-bond donors (Lipinski definition) is 1. The maximum atomic E-state index is 13.8. The average molecular weight is 510 g/mol. The minimum absolute atomic E-state index is 0.0662. The first-order valence-electron chi connectivity index (χ1n) is 12.9. The van der Waals surface area contributed by atoms with Crippen molar-refractivity contribution in [2.45, 2.75) is 46.1 Å². The van der Waals surface area contributed by atoms with Gasteiger partial charge in [0.2, 0.25) is 5.82 Å². The van der Waals surface area contributed by atoms with Crippen molar-refractivity contribution >= 4 is 0 Å². The molecule has 1 N–H and O–H groups in total. The number of ether oxygens (including phenoxy) is 1. The van der Waals surface area contributed by atoms with Crippen LogP contribution in [0, 0.1) is 0 Å². The Morgan fingerprint density at radius 2 is 1.79 bits per heavy atom. The lowest BCUT2D eigenvalue weighted by molar-refractivity contribution is 0.411. The van der Waals surface area contributed by atoms with Crippen molar-refractivity contribution in [1.29, 1.82) is 0 Å². The van der Waals surface area contributed by atoms with Crippen molar-refractivity contribution in [3.8, 4) is 34.1 Å². The van der Waals surface area contributed by atoms with Gasteiger partial charge in [0.15, 0.2) is 0 Å². The normalized spacial score (nSPS) is 11.1. The van der Waals surface area contributed by atoms with Gasteiger partial charge < -0.3 is 4.74 Å². The van der Waals surface area contributed by atoms with E-state index in [9.17, 15) is 4.79 Å². The molecule has 0 spiro atoms. The zero-order chi connectivity index (χ0) is 26.5. The first-order valence-corrected chi connectivity index (χ1v) is 12.9. The van der Waals surface area contributed by atoms with Gasteiger partial charge in [-0.25, -0.2) is 4.79 Å². The summed E-state index contributed by atoms with van der Waals surface area (Å²) in [6.07, 6.45) is 7.32. The summed E-state index contributed by atoms with van der Waals surface area (Å²) in [5.74, 6) is 1.20. The van der Waals surface area contributed by atoms with E-state index >= 15 is 0 Å². The van der Waals surface area contributed by atoms with E-state index in [1.54, 1.807) is 17.9 Å². The van der Waals surface area contributed by atoms with Gasteiger partial charge in [0, 0.05) is 29.2 Å². The van der Waals surface area contributed by atoms with Gasteiger partial charge in [0.25, 0.3) is 0 Å². The molecule has 5 aromatic rings. The van der Waals surface area contributed by atoms with Crippen molar-refractivity contribution in [2.75, 3.05) is 7.11 Å². The van der Waals surface area contributed by atoms with E-state index < -0.39 is 0 Å². The maximum Gasteiger partial charge on any atom is 0.333 e. The number of para-hydroxylation sites is 1. The summed E-state index contributed by atoms with van der Waals surface area (Å²) in [4.78, 5) is 18.4. The highest BCUT2D eigenvalue weighted by molar-refractivity contribution is 5.76. The Morgan fingerprint density at radius 1 is 0.974 bits per heavy atom. The number of methoxy groups -OCH3 is 1. The molecular weight excluding hydrogens is 478 g/mol. The Bertz CT molecular complexity index is 1570. The molecule has 0 aliphatic carbocycles. The van der Waals surface area contributed by atoms with Gasteiger partial charge in [0.05, 0.1) is 25.0 Å². The summed E-state index contributed by atoms with van der Waals surface area (Å²) in [6, 6.07) is 17.8. The predicted molar refractivity (Wildman–Crippen MR) is 147 cm³/mol. The van der Waals surface area contributed by atoms with E-state index in [1.165, 1.54) is 0 Å². The standard InChI is InChI=1S/C29H31N7O2/c1-4-8-22-10-6-12-25(38-3)27(22)36-19-23(9-5-2)35(29(36)37)18-20-13-15-21(16-14-20)26-24(11-7-17-30-26)28-31-33-34-32-28/h6-7,10-17,19H,4-5,8-9,18H2,1-3H3,(H,31,32,33,34). The van der Waals surface area contributed by atoms with Crippen molar-refractivity contribution in [3.63, 3.8) is 0 Å². The number of pyridine rings is 1. The van der Waals surface area contributed by atoms with Gasteiger partial charge in [-0.1, -0.05) is 63.1 Å². The number of imidazole rings is 1. The molecule has 9 heteroatoms. The number of rotatable bonds is 10. The van der Waals surface area contributed by atoms with Crippen LogP contribution in [-0.2, 0) is 19.4 Å². The molecule has 0 saturated heterocycles. The number of nitrogens with one attached hydrogen (secondary N) is 1. The van der Waals surface area contributed by atoms with Crippen LogP contribution in [0.2, 0.25) is 0 Å². The third-order valence-corrected chi connectivity index (χ3v) is 6.59. The fraction of sp³-hybridized carbons (Fsp3) is 0.276. The molecule has 0 fully saturated rings. The maximum absolute atomic E-state index is 13.8. The van der Waals surface area contributed by atoms with Crippen molar-refractivity contribution < 1.29 is 4.74 Å². The lowest BCUT2D eigenvalue weighted by atomic mass is 10.0. The van der Waals surface area contributed by atoms with Crippen LogP contribution in [0.25, 0.3) is 28.3 Å². The average Bonchev–Trinajstić information content (AvgIpc) is 3.59. The molecule has 9 nitrogen and oxygen atoms in total. The SMILES string of the molecule is CCCc1cccc(OC)c1-n1cc(CCC)n(Cc2ccc(-c3ncccc3-c3nn[nH]n3)cc2)c1=O. The van der Waals surface area contributed by atoms with Crippen LogP contribution in [-0.4, -0.2) is 41.9 Å². The minimum atomic E-state index is -0.0662. The van der Waals surface area contributed by atoms with Crippen LogP contribution in [0.5, 0.6) is 5.75 Å². The number of tetrazole rings is 1. The number of benzene rings is 2. The molecule has 0 saturated carbocycles. The zero-order valence-electron chi connectivity index (χ0n) is 21.9. The van der Waals surface area contributed by atoms with Crippen LogP contribution < -0.4 is 10.4 Å². The van der Waals surface area contributed by atoms with E-state index in [0.717, 1.165) is 65.0 Å². The molecule has 2 aromatic carbocycles. The second-order valence-electron chi connectivity index (χ2n) is 9.16. The Labute approximate surface area is 221 Å². The van der Waals surface area contributed by atoms with Gasteiger partial charge in [-0.05, 0) is 47.4 Å². The van der Waals surface area contributed by atoms with Gasteiger partial charge in [-0.2, -0.15) is 5.21 Å². The molecular formula is C29H31N7O2. The first-order chi connectivity index (χ1) is 18.6. The van der Waals surface area contributed by atoms with E-state index in [1.807, 2.05) is 59.3 Å². The molecule has 0 aliphatic rings. The summed E-state index contributed by atoms with van der Waals surface area (Å²) in [6.45, 7) is 4.74. The van der Waals surface area contributed by atoms with E-state index in [0.29, 0.717) is 18.1 Å². The fourth-order valence-electron chi connectivity index (χ4n) is 4.83. The quantitative estimate of drug-likeness (QED) is 0.289. The van der Waals surface area contributed by atoms with Crippen molar-refractivity contribution in [2.24, 2.45) is 0 Å². The molecule has 0 unspecified atom stereocenters. The second kappa shape index (κ2) is 11.2. The molecule has 0 atom stereocenters. The summed E-state index contributed by atoms with van der Waals surface area (Å²) in [5.41, 5.74) is 6.40. The number of hydrogen-bond acceptors (Lipinski definition) is 6. The molecule has 0 aliphatic heterocycles. The summed E-state index contributed by atoms with van der Waals surface area (Å²) >= 11 is 0. The number of H-pyrrole nitrogens is 1. The third-order valence-electron chi connectivity index (χ3n) is 6.59. The van der Waals surface area contributed by atoms with Gasteiger partial charge in [-0.3, -0.25) is 14.1 Å². The summed E-state index contributed by atoms with van der Waals surface area (Å²) in [5, 5.41) is 14.4. The van der Waals surface area contributed by atoms with Gasteiger partial charge in [0.1, 0.15) is 5.75 Å². The van der Waals surface area contributed by atoms with Gasteiger partial charge >= 0.3 is 5.69 Å². The molecule has 194 valence electrons. The zero-order valence-corrected chi connectivity index (χ0v) is 21.9. The molecule has 0 bridgehead atoms. The topological polar surface area (TPSA) is 104 Å². The monoisotopic (exact) mass is 509 g/mol. The number of nitrogens with zero attached hydrogens (tertiary/aromatic N) is 6. The van der Waals surface area contributed by atoms with Crippen molar-refractivity contribution in [1.82, 2.24) is 34.7 Å². The number of aromatic nitrogens is 7. The molecule has 5 rings (SSSR count). The van der Waals surface area contributed by atoms with Crippen molar-refractivity contribution in [3.05, 3.63) is 94.3 Å². The highest BCUT2D eigenvalue weighted by atomic mass is 16.5. The molecule has 0 radical (unpaired) electrons. The molecule has 0 amide bonds. The van der Waals surface area contributed by atoms with E-state index in [2.05, 4.69) is 45.5 Å². The number of aromatic amines is 1. The third kappa shape index (κ3) is 4.87. The lowest BCUT2D eigenvalue weighted by Gasteiger charge is -2.13. The fourth-order valence-corrected chi connectivity index (χ4v) is 4.83. The van der Waals surface area contributed by atoms with Crippen LogP contribution >= 0.6 is 0 Å². The molecule has 3 heterocycles. The van der Waals surface area contributed by atoms with Crippen LogP contribution in [0.4, 0.5) is 0 Å². The predicted octanol–water partition coefficient (Wildman–Crippen LogP) is 4.84. The Kier molecular flexibility index (Phi) is 7.44. The van der Waals surface area contributed by atoms with Gasteiger partial charge in [-0.15, -0.1) is 10.2 Å². The highest BCUT2D eigenvalue weighted by Crippen LogP contribution is 2.29. The highest BCUT2D eigenvalue weighted by Gasteiger charge is 2.19. The Morgan fingerprint density at radius 3 is 2.50 bits per heavy atom. The van der Waals surface area contributed by atoms with E-state index in [4.69, 9.17) is 4.74 Å².